The number of rotatable bonds is 8. The van der Waals surface area contributed by atoms with Crippen LogP contribution in [0.5, 0.6) is 5.75 Å². The Morgan fingerprint density at radius 1 is 1.17 bits per heavy atom. The fourth-order valence-corrected chi connectivity index (χ4v) is 3.60. The monoisotopic (exact) mass is 427 g/mol. The number of hydrogen-bond donors (Lipinski definition) is 1. The third kappa shape index (κ3) is 6.89. The van der Waals surface area contributed by atoms with Crippen LogP contribution in [0.15, 0.2) is 64.6 Å². The Balaban J connectivity index is 1.41. The molecule has 1 heterocycles. The number of ether oxygens (including phenoxy) is 2. The van der Waals surface area contributed by atoms with Crippen molar-refractivity contribution in [2.24, 2.45) is 5.10 Å². The topological polar surface area (TPSA) is 80.2 Å². The van der Waals surface area contributed by atoms with Crippen LogP contribution in [0.3, 0.4) is 0 Å². The largest absolute Gasteiger partial charge is 0.484 e. The van der Waals surface area contributed by atoms with Crippen LogP contribution in [0.2, 0.25) is 0 Å². The molecule has 1 aliphatic rings. The summed E-state index contributed by atoms with van der Waals surface area (Å²) < 4.78 is 10.8. The average molecular weight is 428 g/mol. The highest BCUT2D eigenvalue weighted by Gasteiger charge is 2.17. The van der Waals surface area contributed by atoms with Gasteiger partial charge in [0.1, 0.15) is 5.75 Å². The zero-order valence-electron chi connectivity index (χ0n) is 16.8. The van der Waals surface area contributed by atoms with Gasteiger partial charge in [-0.2, -0.15) is 5.10 Å². The third-order valence-corrected chi connectivity index (χ3v) is 5.53. The first kappa shape index (κ1) is 21.9. The van der Waals surface area contributed by atoms with Gasteiger partial charge in [0.2, 0.25) is 0 Å². The number of benzene rings is 2. The minimum atomic E-state index is -0.260. The van der Waals surface area contributed by atoms with Crippen LogP contribution < -0.4 is 10.2 Å². The van der Waals surface area contributed by atoms with Crippen LogP contribution in [-0.2, 0) is 14.3 Å². The molecule has 0 spiro atoms. The summed E-state index contributed by atoms with van der Waals surface area (Å²) in [6.45, 7) is 4.19. The van der Waals surface area contributed by atoms with Gasteiger partial charge in [-0.3, -0.25) is 9.59 Å². The third-order valence-electron chi connectivity index (χ3n) is 4.42. The van der Waals surface area contributed by atoms with E-state index in [-0.39, 0.29) is 23.7 Å². The van der Waals surface area contributed by atoms with Crippen LogP contribution in [0.4, 0.5) is 0 Å². The Morgan fingerprint density at radius 3 is 2.57 bits per heavy atom. The fraction of sp³-hybridized carbons (Fsp3) is 0.318. The maximum atomic E-state index is 12.2. The van der Waals surface area contributed by atoms with Gasteiger partial charge in [-0.25, -0.2) is 5.43 Å². The fourth-order valence-electron chi connectivity index (χ4n) is 2.72. The number of nitrogens with zero attached hydrogens (tertiary/aromatic N) is 2. The molecule has 1 atom stereocenters. The minimum Gasteiger partial charge on any atom is -0.484 e. The second-order valence-corrected chi connectivity index (χ2v) is 8.07. The molecule has 1 aliphatic heterocycles. The van der Waals surface area contributed by atoms with Crippen molar-refractivity contribution >= 4 is 29.8 Å². The summed E-state index contributed by atoms with van der Waals surface area (Å²) in [6.07, 6.45) is 1.57. The van der Waals surface area contributed by atoms with E-state index in [1.807, 2.05) is 49.4 Å². The van der Waals surface area contributed by atoms with E-state index in [1.165, 1.54) is 11.8 Å². The maximum absolute atomic E-state index is 12.2. The number of hydrogen-bond acceptors (Lipinski definition) is 6. The number of carbonyl (C=O) groups excluding carboxylic acids is 2. The molecular formula is C22H25N3O4S. The van der Waals surface area contributed by atoms with E-state index < -0.39 is 0 Å². The summed E-state index contributed by atoms with van der Waals surface area (Å²) in [4.78, 5) is 27.0. The van der Waals surface area contributed by atoms with Crippen molar-refractivity contribution < 1.29 is 19.1 Å². The van der Waals surface area contributed by atoms with Crippen molar-refractivity contribution in [1.29, 1.82) is 0 Å². The van der Waals surface area contributed by atoms with Crippen LogP contribution >= 0.6 is 11.8 Å². The molecule has 0 aromatic heterocycles. The second-order valence-electron chi connectivity index (χ2n) is 6.66. The Bertz CT molecular complexity index is 852. The smallest absolute Gasteiger partial charge is 0.260 e. The molecule has 2 aromatic carbocycles. The van der Waals surface area contributed by atoms with Gasteiger partial charge in [0.15, 0.2) is 6.61 Å². The molecule has 158 valence electrons. The van der Waals surface area contributed by atoms with E-state index in [1.54, 1.807) is 23.2 Å². The lowest BCUT2D eigenvalue weighted by Gasteiger charge is -2.26. The predicted molar refractivity (Wildman–Crippen MR) is 117 cm³/mol. The molecule has 2 aromatic rings. The maximum Gasteiger partial charge on any atom is 0.260 e. The van der Waals surface area contributed by atoms with Gasteiger partial charge >= 0.3 is 0 Å². The van der Waals surface area contributed by atoms with Gasteiger partial charge in [0.25, 0.3) is 11.8 Å². The van der Waals surface area contributed by atoms with Gasteiger partial charge in [-0.1, -0.05) is 18.2 Å². The minimum absolute atomic E-state index is 0.000459. The molecule has 2 amide bonds. The molecule has 0 aliphatic carbocycles. The molecule has 3 rings (SSSR count). The van der Waals surface area contributed by atoms with Gasteiger partial charge in [-0.15, -0.1) is 11.8 Å². The summed E-state index contributed by atoms with van der Waals surface area (Å²) in [5, 5.41) is 3.76. The molecule has 30 heavy (non-hydrogen) atoms. The van der Waals surface area contributed by atoms with Crippen molar-refractivity contribution in [3.8, 4) is 5.75 Å². The van der Waals surface area contributed by atoms with E-state index >= 15 is 0 Å². The molecule has 8 heteroatoms. The molecule has 0 bridgehead atoms. The highest BCUT2D eigenvalue weighted by atomic mass is 32.2. The lowest BCUT2D eigenvalue weighted by Crippen LogP contribution is -2.42. The van der Waals surface area contributed by atoms with E-state index in [0.29, 0.717) is 32.1 Å². The van der Waals surface area contributed by atoms with Gasteiger partial charge in [0.05, 0.1) is 24.7 Å². The SMILES string of the molecule is CC(Sc1ccccc1)C(=O)NN=Cc1ccc(OCC(=O)N2CCOCC2)cc1. The molecule has 1 fully saturated rings. The number of amides is 2. The first-order valence-electron chi connectivity index (χ1n) is 9.75. The Hall–Kier alpha value is -2.84. The van der Waals surface area contributed by atoms with Crippen molar-refractivity contribution in [3.63, 3.8) is 0 Å². The van der Waals surface area contributed by atoms with Crippen LogP contribution in [0, 0.1) is 0 Å². The summed E-state index contributed by atoms with van der Waals surface area (Å²) in [6, 6.07) is 16.9. The van der Waals surface area contributed by atoms with Crippen molar-refractivity contribution in [2.45, 2.75) is 17.1 Å². The second kappa shape index (κ2) is 11.4. The normalized spacial score (nSPS) is 15.0. The summed E-state index contributed by atoms with van der Waals surface area (Å²) in [7, 11) is 0. The van der Waals surface area contributed by atoms with Crippen molar-refractivity contribution in [3.05, 3.63) is 60.2 Å². The number of nitrogens with one attached hydrogen (secondary N) is 1. The molecule has 1 saturated heterocycles. The quantitative estimate of drug-likeness (QED) is 0.398. The van der Waals surface area contributed by atoms with Gasteiger partial charge < -0.3 is 14.4 Å². The summed E-state index contributed by atoms with van der Waals surface area (Å²) in [5.41, 5.74) is 3.37. The zero-order chi connectivity index (χ0) is 21.2. The van der Waals surface area contributed by atoms with Crippen LogP contribution in [0.1, 0.15) is 12.5 Å². The lowest BCUT2D eigenvalue weighted by molar-refractivity contribution is -0.137. The van der Waals surface area contributed by atoms with E-state index in [0.717, 1.165) is 10.5 Å². The Labute approximate surface area is 180 Å². The highest BCUT2D eigenvalue weighted by Crippen LogP contribution is 2.22. The predicted octanol–water partition coefficient (Wildman–Crippen LogP) is 2.56. The summed E-state index contributed by atoms with van der Waals surface area (Å²) >= 11 is 1.48. The number of carbonyl (C=O) groups is 2. The standard InChI is InChI=1S/C22H25N3O4S/c1-17(30-20-5-3-2-4-6-20)22(27)24-23-15-18-7-9-19(10-8-18)29-16-21(26)25-11-13-28-14-12-25/h2-10,15,17H,11-14,16H2,1H3,(H,24,27). The first-order chi connectivity index (χ1) is 14.6. The average Bonchev–Trinajstić information content (AvgIpc) is 2.79. The van der Waals surface area contributed by atoms with Crippen molar-refractivity contribution in [2.75, 3.05) is 32.9 Å². The zero-order valence-corrected chi connectivity index (χ0v) is 17.6. The Morgan fingerprint density at radius 2 is 1.87 bits per heavy atom. The Kier molecular flexibility index (Phi) is 8.29. The number of hydrazone groups is 1. The molecular weight excluding hydrogens is 402 g/mol. The highest BCUT2D eigenvalue weighted by molar-refractivity contribution is 8.00. The molecule has 0 saturated carbocycles. The van der Waals surface area contributed by atoms with Crippen LogP contribution in [0.25, 0.3) is 0 Å². The molecule has 1 N–H and O–H groups in total. The van der Waals surface area contributed by atoms with Crippen LogP contribution in [-0.4, -0.2) is 61.1 Å². The molecule has 7 nitrogen and oxygen atoms in total. The van der Waals surface area contributed by atoms with E-state index in [2.05, 4.69) is 10.5 Å². The van der Waals surface area contributed by atoms with Gasteiger partial charge in [-0.05, 0) is 48.9 Å². The molecule has 0 radical (unpaired) electrons. The lowest BCUT2D eigenvalue weighted by atomic mass is 10.2. The van der Waals surface area contributed by atoms with Crippen molar-refractivity contribution in [1.82, 2.24) is 10.3 Å². The summed E-state index contributed by atoms with van der Waals surface area (Å²) in [5.74, 6) is 0.390. The number of morpholine rings is 1. The number of thioether (sulfide) groups is 1. The molecule has 1 unspecified atom stereocenters. The van der Waals surface area contributed by atoms with E-state index in [9.17, 15) is 9.59 Å². The van der Waals surface area contributed by atoms with Gasteiger partial charge in [0, 0.05) is 18.0 Å². The van der Waals surface area contributed by atoms with E-state index in [4.69, 9.17) is 9.47 Å². The first-order valence-corrected chi connectivity index (χ1v) is 10.6.